The third-order valence-corrected chi connectivity index (χ3v) is 4.51. The van der Waals surface area contributed by atoms with E-state index in [0.29, 0.717) is 16.9 Å². The van der Waals surface area contributed by atoms with Crippen LogP contribution in [0.3, 0.4) is 0 Å². The molecule has 0 unspecified atom stereocenters. The molecule has 25 heavy (non-hydrogen) atoms. The first-order valence-corrected chi connectivity index (χ1v) is 9.33. The highest BCUT2D eigenvalue weighted by Gasteiger charge is 2.17. The van der Waals surface area contributed by atoms with Crippen LogP contribution in [0.1, 0.15) is 5.56 Å². The molecular formula is C17H18N4O3S. The molecule has 0 spiro atoms. The maximum absolute atomic E-state index is 12.0. The van der Waals surface area contributed by atoms with Gasteiger partial charge in [0, 0.05) is 12.2 Å². The van der Waals surface area contributed by atoms with E-state index in [9.17, 15) is 13.2 Å². The molecule has 2 N–H and O–H groups in total. The summed E-state index contributed by atoms with van der Waals surface area (Å²) < 4.78 is 25.1. The molecule has 2 aromatic carbocycles. The molecular weight excluding hydrogens is 340 g/mol. The van der Waals surface area contributed by atoms with E-state index in [1.54, 1.807) is 48.5 Å². The van der Waals surface area contributed by atoms with Crippen LogP contribution in [0.5, 0.6) is 0 Å². The van der Waals surface area contributed by atoms with E-state index >= 15 is 0 Å². The number of nitriles is 1. The standard InChI is InChI=1S/C17H18N4O3S/c1-25(23,24)21(16-9-7-14(13-18)8-10-16)12-11-19-17(22)20-15-5-3-2-4-6-15/h2-10H,11-12H2,1H3,(H2,19,20,22). The molecule has 0 bridgehead atoms. The molecule has 0 aromatic heterocycles. The van der Waals surface area contributed by atoms with Gasteiger partial charge < -0.3 is 10.6 Å². The second kappa shape index (κ2) is 8.17. The van der Waals surface area contributed by atoms with Crippen LogP contribution >= 0.6 is 0 Å². The molecule has 0 radical (unpaired) electrons. The monoisotopic (exact) mass is 358 g/mol. The molecule has 130 valence electrons. The number of hydrogen-bond acceptors (Lipinski definition) is 4. The summed E-state index contributed by atoms with van der Waals surface area (Å²) in [5.74, 6) is 0. The molecule has 0 fully saturated rings. The van der Waals surface area contributed by atoms with E-state index in [4.69, 9.17) is 5.26 Å². The van der Waals surface area contributed by atoms with Crippen molar-refractivity contribution in [3.05, 3.63) is 60.2 Å². The summed E-state index contributed by atoms with van der Waals surface area (Å²) in [7, 11) is -3.52. The van der Waals surface area contributed by atoms with E-state index in [-0.39, 0.29) is 13.1 Å². The summed E-state index contributed by atoms with van der Waals surface area (Å²) >= 11 is 0. The van der Waals surface area contributed by atoms with Crippen LogP contribution in [-0.2, 0) is 10.0 Å². The Balaban J connectivity index is 1.96. The lowest BCUT2D eigenvalue weighted by Gasteiger charge is -2.22. The summed E-state index contributed by atoms with van der Waals surface area (Å²) in [5, 5.41) is 14.1. The van der Waals surface area contributed by atoms with Gasteiger partial charge in [-0.05, 0) is 36.4 Å². The molecule has 0 aliphatic carbocycles. The van der Waals surface area contributed by atoms with Crippen molar-refractivity contribution in [3.63, 3.8) is 0 Å². The number of hydrogen-bond donors (Lipinski definition) is 2. The molecule has 0 aliphatic heterocycles. The minimum atomic E-state index is -3.52. The Kier molecular flexibility index (Phi) is 5.98. The number of anilines is 2. The number of amides is 2. The summed E-state index contributed by atoms with van der Waals surface area (Å²) in [6.07, 6.45) is 1.09. The molecule has 0 atom stereocenters. The van der Waals surface area contributed by atoms with E-state index in [1.165, 1.54) is 4.31 Å². The molecule has 2 aromatic rings. The largest absolute Gasteiger partial charge is 0.336 e. The van der Waals surface area contributed by atoms with Crippen molar-refractivity contribution >= 4 is 27.4 Å². The van der Waals surface area contributed by atoms with Gasteiger partial charge >= 0.3 is 6.03 Å². The van der Waals surface area contributed by atoms with Crippen LogP contribution < -0.4 is 14.9 Å². The maximum atomic E-state index is 12.0. The highest BCUT2D eigenvalue weighted by Crippen LogP contribution is 2.17. The normalized spacial score (nSPS) is 10.6. The number of urea groups is 1. The summed E-state index contributed by atoms with van der Waals surface area (Å²) in [6, 6.07) is 16.7. The third-order valence-electron chi connectivity index (χ3n) is 3.32. The van der Waals surface area contributed by atoms with Gasteiger partial charge in [-0.2, -0.15) is 5.26 Å². The number of nitrogens with zero attached hydrogens (tertiary/aromatic N) is 2. The van der Waals surface area contributed by atoms with Crippen molar-refractivity contribution in [1.29, 1.82) is 5.26 Å². The first-order valence-electron chi connectivity index (χ1n) is 7.48. The molecule has 2 amide bonds. The smallest absolute Gasteiger partial charge is 0.319 e. The first-order chi connectivity index (χ1) is 11.9. The zero-order valence-corrected chi connectivity index (χ0v) is 14.5. The Morgan fingerprint density at radius 2 is 1.76 bits per heavy atom. The lowest BCUT2D eigenvalue weighted by Crippen LogP contribution is -2.39. The fourth-order valence-electron chi connectivity index (χ4n) is 2.16. The average Bonchev–Trinajstić information content (AvgIpc) is 2.59. The highest BCUT2D eigenvalue weighted by molar-refractivity contribution is 7.92. The van der Waals surface area contributed by atoms with Crippen molar-refractivity contribution < 1.29 is 13.2 Å². The molecule has 2 rings (SSSR count). The second-order valence-corrected chi connectivity index (χ2v) is 7.15. The van der Waals surface area contributed by atoms with Crippen molar-refractivity contribution in [3.8, 4) is 6.07 Å². The Hall–Kier alpha value is -3.05. The summed E-state index contributed by atoms with van der Waals surface area (Å²) in [4.78, 5) is 11.8. The maximum Gasteiger partial charge on any atom is 0.319 e. The van der Waals surface area contributed by atoms with Crippen LogP contribution in [0.25, 0.3) is 0 Å². The van der Waals surface area contributed by atoms with Crippen LogP contribution in [0.15, 0.2) is 54.6 Å². The minimum absolute atomic E-state index is 0.0763. The van der Waals surface area contributed by atoms with Gasteiger partial charge in [-0.15, -0.1) is 0 Å². The average molecular weight is 358 g/mol. The Bertz CT molecular complexity index is 859. The van der Waals surface area contributed by atoms with Gasteiger partial charge in [0.2, 0.25) is 10.0 Å². The number of benzene rings is 2. The summed E-state index contributed by atoms with van der Waals surface area (Å²) in [6.45, 7) is 0.207. The van der Waals surface area contributed by atoms with Crippen LogP contribution in [0, 0.1) is 11.3 Å². The van der Waals surface area contributed by atoms with Gasteiger partial charge in [0.1, 0.15) is 0 Å². The van der Waals surface area contributed by atoms with Gasteiger partial charge in [0.25, 0.3) is 0 Å². The summed E-state index contributed by atoms with van der Waals surface area (Å²) in [5.41, 5.74) is 1.52. The van der Waals surface area contributed by atoms with Crippen molar-refractivity contribution in [1.82, 2.24) is 5.32 Å². The molecule has 0 saturated carbocycles. The number of rotatable bonds is 6. The van der Waals surface area contributed by atoms with Crippen molar-refractivity contribution in [2.75, 3.05) is 29.0 Å². The fourth-order valence-corrected chi connectivity index (χ4v) is 3.08. The number of para-hydroxylation sites is 1. The first kappa shape index (κ1) is 18.3. The SMILES string of the molecule is CS(=O)(=O)N(CCNC(=O)Nc1ccccc1)c1ccc(C#N)cc1. The van der Waals surface area contributed by atoms with E-state index in [2.05, 4.69) is 10.6 Å². The number of nitrogens with one attached hydrogen (secondary N) is 2. The predicted octanol–water partition coefficient (Wildman–Crippen LogP) is 2.15. The number of sulfonamides is 1. The van der Waals surface area contributed by atoms with Crippen LogP contribution in [0.2, 0.25) is 0 Å². The molecule has 0 heterocycles. The fraction of sp³-hybridized carbons (Fsp3) is 0.176. The van der Waals surface area contributed by atoms with Crippen LogP contribution in [0.4, 0.5) is 16.2 Å². The Morgan fingerprint density at radius 1 is 1.12 bits per heavy atom. The van der Waals surface area contributed by atoms with Crippen LogP contribution in [-0.4, -0.2) is 33.8 Å². The predicted molar refractivity (Wildman–Crippen MR) is 96.8 cm³/mol. The van der Waals surface area contributed by atoms with Gasteiger partial charge in [-0.1, -0.05) is 18.2 Å². The topological polar surface area (TPSA) is 102 Å². The Labute approximate surface area is 146 Å². The number of carbonyl (C=O) groups is 1. The minimum Gasteiger partial charge on any atom is -0.336 e. The van der Waals surface area contributed by atoms with Gasteiger partial charge in [-0.25, -0.2) is 13.2 Å². The molecule has 7 nitrogen and oxygen atoms in total. The molecule has 8 heteroatoms. The lowest BCUT2D eigenvalue weighted by molar-refractivity contribution is 0.252. The highest BCUT2D eigenvalue weighted by atomic mass is 32.2. The van der Waals surface area contributed by atoms with Gasteiger partial charge in [-0.3, -0.25) is 4.31 Å². The van der Waals surface area contributed by atoms with Crippen molar-refractivity contribution in [2.24, 2.45) is 0 Å². The third kappa shape index (κ3) is 5.51. The lowest BCUT2D eigenvalue weighted by atomic mass is 10.2. The van der Waals surface area contributed by atoms with Gasteiger partial charge in [0.05, 0.1) is 30.1 Å². The van der Waals surface area contributed by atoms with E-state index in [1.807, 2.05) is 12.1 Å². The van der Waals surface area contributed by atoms with Gasteiger partial charge in [0.15, 0.2) is 0 Å². The van der Waals surface area contributed by atoms with E-state index < -0.39 is 16.1 Å². The van der Waals surface area contributed by atoms with E-state index in [0.717, 1.165) is 6.26 Å². The second-order valence-electron chi connectivity index (χ2n) is 5.24. The molecule has 0 aliphatic rings. The zero-order valence-electron chi connectivity index (χ0n) is 13.6. The Morgan fingerprint density at radius 3 is 2.32 bits per heavy atom. The number of carbonyl (C=O) groups excluding carboxylic acids is 1. The van der Waals surface area contributed by atoms with Crippen molar-refractivity contribution in [2.45, 2.75) is 0 Å². The molecule has 0 saturated heterocycles. The quantitative estimate of drug-likeness (QED) is 0.826. The zero-order chi connectivity index (χ0) is 18.3.